The topological polar surface area (TPSA) is 20.2 Å². The third kappa shape index (κ3) is 1.98. The summed E-state index contributed by atoms with van der Waals surface area (Å²) >= 11 is 0. The average Bonchev–Trinajstić information content (AvgIpc) is 1.82. The van der Waals surface area contributed by atoms with Crippen LogP contribution in [0.5, 0.6) is 0 Å². The van der Waals surface area contributed by atoms with Crippen molar-refractivity contribution in [1.29, 1.82) is 0 Å². The van der Waals surface area contributed by atoms with Crippen molar-refractivity contribution in [1.82, 2.24) is 0 Å². The fourth-order valence-corrected chi connectivity index (χ4v) is 0.763. The minimum Gasteiger partial charge on any atom is -0.389 e. The molecule has 1 N–H and O–H groups in total. The maximum atomic E-state index is 12.5. The summed E-state index contributed by atoms with van der Waals surface area (Å²) in [6.45, 7) is 1.14. The molecule has 1 atom stereocenters. The summed E-state index contributed by atoms with van der Waals surface area (Å²) in [4.78, 5) is 0. The fraction of sp³-hybridized carbons (Fsp3) is 0.250. The molecule has 0 saturated heterocycles. The van der Waals surface area contributed by atoms with Crippen LogP contribution in [0.15, 0.2) is 18.2 Å². The number of hydrogen-bond acceptors (Lipinski definition) is 1. The molecule has 3 heteroatoms. The van der Waals surface area contributed by atoms with Crippen molar-refractivity contribution in [3.63, 3.8) is 0 Å². The van der Waals surface area contributed by atoms with Crippen molar-refractivity contribution < 1.29 is 15.3 Å². The van der Waals surface area contributed by atoms with Gasteiger partial charge in [0.25, 0.3) is 0 Å². The lowest BCUT2D eigenvalue weighted by molar-refractivity contribution is 0.198. The number of benzene rings is 1. The monoisotopic (exact) mass is 159 g/mol. The Morgan fingerprint density at radius 1 is 1.36 bits per heavy atom. The summed E-state index contributed by atoms with van der Waals surface area (Å²) in [5, 5.41) is 9.07. The number of halogens is 2. The van der Waals surface area contributed by atoms with E-state index in [-0.39, 0.29) is 5.56 Å². The lowest BCUT2D eigenvalue weighted by atomic mass is 10.1. The normalized spacial score (nSPS) is 17.3. The van der Waals surface area contributed by atoms with Gasteiger partial charge in [-0.25, -0.2) is 8.78 Å². The van der Waals surface area contributed by atoms with Gasteiger partial charge in [0.05, 0.1) is 7.45 Å². The minimum absolute atomic E-state index is 0.0972. The Bertz CT molecular complexity index is 273. The molecule has 0 aliphatic carbocycles. The summed E-state index contributed by atoms with van der Waals surface area (Å²) < 4.78 is 32.1. The fourth-order valence-electron chi connectivity index (χ4n) is 0.763. The second-order valence-electron chi connectivity index (χ2n) is 2.24. The standard InChI is InChI=1S/C8H8F2O/c1-5(11)6-2-7(9)4-8(10)3-6/h2-5,11H,1H3/i5D. The molecular formula is C8H8F2O. The lowest BCUT2D eigenvalue weighted by Gasteiger charge is -2.03. The molecule has 1 rings (SSSR count). The zero-order valence-electron chi connectivity index (χ0n) is 6.94. The van der Waals surface area contributed by atoms with Gasteiger partial charge in [0, 0.05) is 6.07 Å². The highest BCUT2D eigenvalue weighted by molar-refractivity contribution is 5.19. The van der Waals surface area contributed by atoms with E-state index in [1.165, 1.54) is 0 Å². The van der Waals surface area contributed by atoms with Crippen LogP contribution in [0.1, 0.15) is 19.9 Å². The van der Waals surface area contributed by atoms with Crippen molar-refractivity contribution in [2.45, 2.75) is 13.0 Å². The molecule has 1 aromatic rings. The van der Waals surface area contributed by atoms with Gasteiger partial charge in [-0.05, 0) is 24.6 Å². The number of hydrogen-bond donors (Lipinski definition) is 1. The van der Waals surface area contributed by atoms with Gasteiger partial charge >= 0.3 is 0 Å². The zero-order chi connectivity index (χ0) is 9.35. The highest BCUT2D eigenvalue weighted by Crippen LogP contribution is 2.14. The van der Waals surface area contributed by atoms with Gasteiger partial charge in [-0.2, -0.15) is 0 Å². The molecule has 1 unspecified atom stereocenters. The Kier molecular flexibility index (Phi) is 1.81. The molecule has 0 spiro atoms. The highest BCUT2D eigenvalue weighted by Gasteiger charge is 2.04. The molecule has 0 aromatic heterocycles. The van der Waals surface area contributed by atoms with E-state index in [4.69, 9.17) is 6.48 Å². The maximum Gasteiger partial charge on any atom is 0.126 e. The van der Waals surface area contributed by atoms with Gasteiger partial charge in [0.2, 0.25) is 0 Å². The SMILES string of the molecule is [2H]C(C)(O)c1cc(F)cc(F)c1. The minimum atomic E-state index is -1.96. The molecule has 1 aromatic carbocycles. The van der Waals surface area contributed by atoms with Crippen LogP contribution in [0, 0.1) is 11.6 Å². The van der Waals surface area contributed by atoms with E-state index in [2.05, 4.69) is 0 Å². The molecule has 0 aliphatic rings. The smallest absolute Gasteiger partial charge is 0.126 e. The van der Waals surface area contributed by atoms with E-state index in [1.54, 1.807) is 0 Å². The Labute approximate surface area is 64.7 Å². The molecule has 0 bridgehead atoms. The van der Waals surface area contributed by atoms with Crippen LogP contribution < -0.4 is 0 Å². The largest absolute Gasteiger partial charge is 0.389 e. The lowest BCUT2D eigenvalue weighted by Crippen LogP contribution is -1.93. The van der Waals surface area contributed by atoms with Crippen molar-refractivity contribution >= 4 is 0 Å². The summed E-state index contributed by atoms with van der Waals surface area (Å²) in [5.41, 5.74) is -0.0972. The van der Waals surface area contributed by atoms with Gasteiger partial charge in [-0.15, -0.1) is 0 Å². The van der Waals surface area contributed by atoms with Crippen LogP contribution >= 0.6 is 0 Å². The molecule has 0 aliphatic heterocycles. The van der Waals surface area contributed by atoms with E-state index in [0.717, 1.165) is 19.1 Å². The zero-order valence-corrected chi connectivity index (χ0v) is 5.94. The van der Waals surface area contributed by atoms with Crippen molar-refractivity contribution in [3.8, 4) is 0 Å². The first kappa shape index (κ1) is 6.73. The van der Waals surface area contributed by atoms with Crippen molar-refractivity contribution in [2.75, 3.05) is 0 Å². The summed E-state index contributed by atoms with van der Waals surface area (Å²) in [7, 11) is 0. The highest BCUT2D eigenvalue weighted by atomic mass is 19.1. The molecule has 1 nitrogen and oxygen atoms in total. The predicted molar refractivity (Wildman–Crippen MR) is 37.0 cm³/mol. The van der Waals surface area contributed by atoms with E-state index >= 15 is 0 Å². The van der Waals surface area contributed by atoms with E-state index in [0.29, 0.717) is 6.07 Å². The summed E-state index contributed by atoms with van der Waals surface area (Å²) in [5.74, 6) is -1.59. The first-order chi connectivity index (χ1) is 5.39. The van der Waals surface area contributed by atoms with Crippen LogP contribution in [0.4, 0.5) is 8.78 Å². The van der Waals surface area contributed by atoms with Crippen LogP contribution in [-0.4, -0.2) is 5.11 Å². The summed E-state index contributed by atoms with van der Waals surface area (Å²) in [6.07, 6.45) is -1.96. The van der Waals surface area contributed by atoms with Gasteiger partial charge < -0.3 is 5.11 Å². The van der Waals surface area contributed by atoms with Gasteiger partial charge in [-0.1, -0.05) is 0 Å². The molecule has 0 saturated carbocycles. The molecule has 11 heavy (non-hydrogen) atoms. The van der Waals surface area contributed by atoms with Crippen LogP contribution in [0.3, 0.4) is 0 Å². The number of rotatable bonds is 1. The van der Waals surface area contributed by atoms with E-state index in [9.17, 15) is 8.78 Å². The third-order valence-corrected chi connectivity index (χ3v) is 1.28. The number of aliphatic hydroxyl groups is 1. The molecular weight excluding hydrogens is 150 g/mol. The molecule has 0 fully saturated rings. The summed E-state index contributed by atoms with van der Waals surface area (Å²) in [6, 6.07) is 2.54. The third-order valence-electron chi connectivity index (χ3n) is 1.28. The second-order valence-corrected chi connectivity index (χ2v) is 2.24. The van der Waals surface area contributed by atoms with Crippen molar-refractivity contribution in [3.05, 3.63) is 35.4 Å². The molecule has 60 valence electrons. The first-order valence-corrected chi connectivity index (χ1v) is 3.08. The molecule has 0 radical (unpaired) electrons. The van der Waals surface area contributed by atoms with Crippen LogP contribution in [0.25, 0.3) is 0 Å². The van der Waals surface area contributed by atoms with Crippen LogP contribution in [-0.2, 0) is 0 Å². The van der Waals surface area contributed by atoms with Gasteiger partial charge in [0.15, 0.2) is 0 Å². The van der Waals surface area contributed by atoms with E-state index in [1.807, 2.05) is 0 Å². The van der Waals surface area contributed by atoms with Crippen LogP contribution in [0.2, 0.25) is 0 Å². The molecule has 0 heterocycles. The molecule has 0 amide bonds. The quantitative estimate of drug-likeness (QED) is 0.664. The second kappa shape index (κ2) is 2.96. The Morgan fingerprint density at radius 3 is 2.18 bits per heavy atom. The van der Waals surface area contributed by atoms with E-state index < -0.39 is 17.7 Å². The Balaban J connectivity index is 3.18. The van der Waals surface area contributed by atoms with Gasteiger partial charge in [0.1, 0.15) is 11.6 Å². The average molecular weight is 159 g/mol. The Morgan fingerprint density at radius 2 is 1.82 bits per heavy atom. The first-order valence-electron chi connectivity index (χ1n) is 3.58. The maximum absolute atomic E-state index is 12.5. The predicted octanol–water partition coefficient (Wildman–Crippen LogP) is 2.02. The van der Waals surface area contributed by atoms with Gasteiger partial charge in [-0.3, -0.25) is 0 Å². The Hall–Kier alpha value is -0.960. The van der Waals surface area contributed by atoms with Crippen molar-refractivity contribution in [2.24, 2.45) is 0 Å².